The van der Waals surface area contributed by atoms with Gasteiger partial charge in [0.1, 0.15) is 5.82 Å². The number of hydrogen-bond acceptors (Lipinski definition) is 2. The number of β-lactam (4-membered cyclic amide) rings is 1. The number of rotatable bonds is 2. The number of halogens is 1. The standard InChI is InChI=1S/C15H19FN2O/c1-2-17-8-6-15(7-9-17)11-18(14(15)19)13-5-3-4-12(16)10-13/h3-5,10H,2,6-9,11H2,1H3. The topological polar surface area (TPSA) is 23.6 Å². The van der Waals surface area contributed by atoms with E-state index in [0.717, 1.165) is 39.0 Å². The number of carbonyl (C=O) groups is 1. The van der Waals surface area contributed by atoms with Gasteiger partial charge in [0.15, 0.2) is 0 Å². The van der Waals surface area contributed by atoms with Crippen LogP contribution in [0.1, 0.15) is 19.8 Å². The molecule has 102 valence electrons. The second-order valence-corrected chi connectivity index (χ2v) is 5.59. The van der Waals surface area contributed by atoms with Crippen molar-refractivity contribution in [1.29, 1.82) is 0 Å². The molecule has 1 amide bonds. The van der Waals surface area contributed by atoms with Gasteiger partial charge in [0, 0.05) is 12.2 Å². The molecular formula is C15H19FN2O. The summed E-state index contributed by atoms with van der Waals surface area (Å²) in [6.07, 6.45) is 1.87. The Kier molecular flexibility index (Phi) is 3.05. The lowest BCUT2D eigenvalue weighted by Crippen LogP contribution is -2.65. The maximum absolute atomic E-state index is 13.2. The Morgan fingerprint density at radius 3 is 2.63 bits per heavy atom. The molecular weight excluding hydrogens is 243 g/mol. The van der Waals surface area contributed by atoms with Gasteiger partial charge in [-0.05, 0) is 50.7 Å². The molecule has 0 bridgehead atoms. The Bertz CT molecular complexity index is 495. The summed E-state index contributed by atoms with van der Waals surface area (Å²) in [4.78, 5) is 16.5. The van der Waals surface area contributed by atoms with Crippen molar-refractivity contribution in [3.8, 4) is 0 Å². The van der Waals surface area contributed by atoms with Gasteiger partial charge < -0.3 is 9.80 Å². The third-order valence-corrected chi connectivity index (χ3v) is 4.54. The van der Waals surface area contributed by atoms with E-state index in [9.17, 15) is 9.18 Å². The van der Waals surface area contributed by atoms with Crippen LogP contribution in [0.15, 0.2) is 24.3 Å². The number of likely N-dealkylation sites (tertiary alicyclic amines) is 1. The molecule has 3 rings (SSSR count). The van der Waals surface area contributed by atoms with E-state index >= 15 is 0 Å². The molecule has 0 aliphatic carbocycles. The minimum Gasteiger partial charge on any atom is -0.311 e. The first-order chi connectivity index (χ1) is 9.14. The lowest BCUT2D eigenvalue weighted by Gasteiger charge is -2.52. The molecule has 1 aromatic rings. The zero-order chi connectivity index (χ0) is 13.5. The van der Waals surface area contributed by atoms with Gasteiger partial charge in [0.2, 0.25) is 5.91 Å². The highest BCUT2D eigenvalue weighted by Crippen LogP contribution is 2.43. The van der Waals surface area contributed by atoms with Crippen LogP contribution in [-0.4, -0.2) is 37.0 Å². The Morgan fingerprint density at radius 2 is 2.05 bits per heavy atom. The first kappa shape index (κ1) is 12.6. The van der Waals surface area contributed by atoms with Gasteiger partial charge in [-0.15, -0.1) is 0 Å². The van der Waals surface area contributed by atoms with Crippen molar-refractivity contribution in [2.24, 2.45) is 5.41 Å². The van der Waals surface area contributed by atoms with E-state index < -0.39 is 0 Å². The summed E-state index contributed by atoms with van der Waals surface area (Å²) in [6, 6.07) is 6.30. The number of benzene rings is 1. The number of carbonyl (C=O) groups excluding carboxylic acids is 1. The van der Waals surface area contributed by atoms with Gasteiger partial charge in [-0.3, -0.25) is 4.79 Å². The Morgan fingerprint density at radius 1 is 1.32 bits per heavy atom. The highest BCUT2D eigenvalue weighted by atomic mass is 19.1. The van der Waals surface area contributed by atoms with Gasteiger partial charge in [-0.25, -0.2) is 4.39 Å². The molecule has 19 heavy (non-hydrogen) atoms. The summed E-state index contributed by atoms with van der Waals surface area (Å²) in [5.41, 5.74) is 0.520. The van der Waals surface area contributed by atoms with Gasteiger partial charge in [0.25, 0.3) is 0 Å². The summed E-state index contributed by atoms with van der Waals surface area (Å²) in [6.45, 7) is 5.95. The summed E-state index contributed by atoms with van der Waals surface area (Å²) in [7, 11) is 0. The molecule has 0 radical (unpaired) electrons. The van der Waals surface area contributed by atoms with Crippen LogP contribution in [0.3, 0.4) is 0 Å². The van der Waals surface area contributed by atoms with E-state index in [0.29, 0.717) is 5.69 Å². The minimum atomic E-state index is -0.285. The third kappa shape index (κ3) is 2.04. The van der Waals surface area contributed by atoms with E-state index in [4.69, 9.17) is 0 Å². The number of hydrogen-bond donors (Lipinski definition) is 0. The second-order valence-electron chi connectivity index (χ2n) is 5.59. The lowest BCUT2D eigenvalue weighted by atomic mass is 9.71. The van der Waals surface area contributed by atoms with Crippen LogP contribution in [0.5, 0.6) is 0 Å². The van der Waals surface area contributed by atoms with E-state index in [-0.39, 0.29) is 17.1 Å². The summed E-state index contributed by atoms with van der Waals surface area (Å²) < 4.78 is 13.2. The average molecular weight is 262 g/mol. The molecule has 0 saturated carbocycles. The zero-order valence-electron chi connectivity index (χ0n) is 11.2. The predicted molar refractivity (Wildman–Crippen MR) is 72.5 cm³/mol. The molecule has 0 atom stereocenters. The van der Waals surface area contributed by atoms with E-state index in [1.54, 1.807) is 17.0 Å². The number of piperidine rings is 1. The van der Waals surface area contributed by atoms with Crippen molar-refractivity contribution in [3.05, 3.63) is 30.1 Å². The quantitative estimate of drug-likeness (QED) is 0.763. The number of nitrogens with zero attached hydrogens (tertiary/aromatic N) is 2. The smallest absolute Gasteiger partial charge is 0.235 e. The molecule has 0 N–H and O–H groups in total. The molecule has 3 nitrogen and oxygen atoms in total. The van der Waals surface area contributed by atoms with Crippen molar-refractivity contribution in [1.82, 2.24) is 4.90 Å². The predicted octanol–water partition coefficient (Wildman–Crippen LogP) is 2.27. The van der Waals surface area contributed by atoms with Crippen molar-refractivity contribution in [2.75, 3.05) is 31.1 Å². The van der Waals surface area contributed by atoms with Crippen molar-refractivity contribution in [3.63, 3.8) is 0 Å². The van der Waals surface area contributed by atoms with E-state index in [2.05, 4.69) is 11.8 Å². The Hall–Kier alpha value is -1.42. The first-order valence-corrected chi connectivity index (χ1v) is 6.94. The fourth-order valence-electron chi connectivity index (χ4n) is 3.16. The van der Waals surface area contributed by atoms with Crippen molar-refractivity contribution >= 4 is 11.6 Å². The van der Waals surface area contributed by atoms with Crippen LogP contribution in [0, 0.1) is 11.2 Å². The Labute approximate surface area is 113 Å². The van der Waals surface area contributed by atoms with Gasteiger partial charge in [-0.2, -0.15) is 0 Å². The molecule has 2 heterocycles. The van der Waals surface area contributed by atoms with Crippen LogP contribution in [0.25, 0.3) is 0 Å². The molecule has 0 aromatic heterocycles. The summed E-state index contributed by atoms with van der Waals surface area (Å²) in [5.74, 6) is -0.110. The van der Waals surface area contributed by atoms with Crippen LogP contribution in [0.2, 0.25) is 0 Å². The third-order valence-electron chi connectivity index (χ3n) is 4.54. The first-order valence-electron chi connectivity index (χ1n) is 6.94. The fourth-order valence-corrected chi connectivity index (χ4v) is 3.16. The van der Waals surface area contributed by atoms with Crippen molar-refractivity contribution < 1.29 is 9.18 Å². The van der Waals surface area contributed by atoms with Crippen LogP contribution in [0.4, 0.5) is 10.1 Å². The van der Waals surface area contributed by atoms with E-state index in [1.807, 2.05) is 0 Å². The Balaban J connectivity index is 1.70. The molecule has 2 aliphatic heterocycles. The normalized spacial score (nSPS) is 22.6. The highest BCUT2D eigenvalue weighted by Gasteiger charge is 2.53. The molecule has 0 unspecified atom stereocenters. The van der Waals surface area contributed by atoms with Crippen LogP contribution in [-0.2, 0) is 4.79 Å². The maximum Gasteiger partial charge on any atom is 0.235 e. The summed E-state index contributed by atoms with van der Waals surface area (Å²) >= 11 is 0. The van der Waals surface area contributed by atoms with E-state index in [1.165, 1.54) is 12.1 Å². The second kappa shape index (κ2) is 4.60. The van der Waals surface area contributed by atoms with Gasteiger partial charge in [-0.1, -0.05) is 13.0 Å². The highest BCUT2D eigenvalue weighted by molar-refractivity contribution is 6.04. The molecule has 1 spiro atoms. The number of anilines is 1. The van der Waals surface area contributed by atoms with Gasteiger partial charge >= 0.3 is 0 Å². The molecule has 1 aromatic carbocycles. The minimum absolute atomic E-state index is 0.169. The average Bonchev–Trinajstić information content (AvgIpc) is 2.45. The number of amides is 1. The molecule has 4 heteroatoms. The monoisotopic (exact) mass is 262 g/mol. The fraction of sp³-hybridized carbons (Fsp3) is 0.533. The lowest BCUT2D eigenvalue weighted by molar-refractivity contribution is -0.138. The molecule has 2 fully saturated rings. The van der Waals surface area contributed by atoms with Gasteiger partial charge in [0.05, 0.1) is 5.41 Å². The van der Waals surface area contributed by atoms with Crippen LogP contribution < -0.4 is 4.90 Å². The largest absolute Gasteiger partial charge is 0.311 e. The van der Waals surface area contributed by atoms with Crippen molar-refractivity contribution in [2.45, 2.75) is 19.8 Å². The SMILES string of the molecule is CCN1CCC2(CC1)CN(c1cccc(F)c1)C2=O. The molecule has 2 saturated heterocycles. The zero-order valence-corrected chi connectivity index (χ0v) is 11.2. The molecule has 2 aliphatic rings. The van der Waals surface area contributed by atoms with Crippen LogP contribution >= 0.6 is 0 Å². The summed E-state index contributed by atoms with van der Waals surface area (Å²) in [5, 5.41) is 0. The maximum atomic E-state index is 13.2.